The highest BCUT2D eigenvalue weighted by Gasteiger charge is 2.33. The molecule has 1 unspecified atom stereocenters. The lowest BCUT2D eigenvalue weighted by molar-refractivity contribution is -0.136. The van der Waals surface area contributed by atoms with Crippen LogP contribution in [-0.2, 0) is 11.0 Å². The number of carbonyl (C=O) groups is 1. The first kappa shape index (κ1) is 22.3. The average Bonchev–Trinajstić information content (AvgIpc) is 2.74. The normalized spacial score (nSPS) is 12.0. The molecule has 31 heavy (non-hydrogen) atoms. The van der Waals surface area contributed by atoms with Gasteiger partial charge in [-0.2, -0.15) is 13.2 Å². The van der Waals surface area contributed by atoms with Crippen molar-refractivity contribution in [2.45, 2.75) is 19.1 Å². The van der Waals surface area contributed by atoms with Crippen molar-refractivity contribution in [3.63, 3.8) is 0 Å². The second-order valence-electron chi connectivity index (χ2n) is 6.79. The summed E-state index contributed by atoms with van der Waals surface area (Å²) in [5.74, 6) is -0.395. The van der Waals surface area contributed by atoms with Crippen LogP contribution >= 0.6 is 12.2 Å². The quantitative estimate of drug-likeness (QED) is 0.444. The summed E-state index contributed by atoms with van der Waals surface area (Å²) in [6.45, 7) is 1.86. The molecule has 0 saturated heterocycles. The molecule has 3 rings (SSSR count). The molecule has 0 saturated carbocycles. The van der Waals surface area contributed by atoms with E-state index in [1.807, 2.05) is 19.1 Å². The predicted octanol–water partition coefficient (Wildman–Crippen LogP) is 5.68. The van der Waals surface area contributed by atoms with Gasteiger partial charge in [0, 0.05) is 5.69 Å². The van der Waals surface area contributed by atoms with Crippen molar-refractivity contribution in [3.8, 4) is 0 Å². The molecule has 0 heterocycles. The summed E-state index contributed by atoms with van der Waals surface area (Å²) in [6.07, 6.45) is -4.54. The highest BCUT2D eigenvalue weighted by molar-refractivity contribution is 7.80. The number of benzene rings is 3. The number of thiocarbonyl (C=S) groups is 1. The summed E-state index contributed by atoms with van der Waals surface area (Å²) < 4.78 is 39.8. The molecular weight excluding hydrogens is 423 g/mol. The van der Waals surface area contributed by atoms with Gasteiger partial charge in [0.05, 0.1) is 11.3 Å². The van der Waals surface area contributed by atoms with Crippen LogP contribution in [0.15, 0.2) is 78.9 Å². The zero-order valence-electron chi connectivity index (χ0n) is 16.5. The van der Waals surface area contributed by atoms with E-state index in [1.54, 1.807) is 42.5 Å². The Morgan fingerprint density at radius 3 is 2.06 bits per heavy atom. The van der Waals surface area contributed by atoms with Crippen LogP contribution in [0.2, 0.25) is 0 Å². The van der Waals surface area contributed by atoms with Gasteiger partial charge >= 0.3 is 6.18 Å². The summed E-state index contributed by atoms with van der Waals surface area (Å²) in [6, 6.07) is 20.2. The maximum atomic E-state index is 13.3. The molecule has 0 spiro atoms. The van der Waals surface area contributed by atoms with Crippen LogP contribution in [0.3, 0.4) is 0 Å². The standard InChI is InChI=1S/C23H20F3N3OS/c1-15-9-5-7-13-18(15)27-21(30)20(16-10-3-2-4-11-16)29-22(31)28-19-14-8-6-12-17(19)23(24,25)26/h2-14,20H,1H3,(H,27,30)(H2,28,29,31). The molecule has 0 bridgehead atoms. The van der Waals surface area contributed by atoms with Crippen LogP contribution in [0, 0.1) is 6.92 Å². The number of nitrogens with one attached hydrogen (secondary N) is 3. The van der Waals surface area contributed by atoms with E-state index in [0.29, 0.717) is 11.3 Å². The second kappa shape index (κ2) is 9.61. The van der Waals surface area contributed by atoms with Crippen LogP contribution < -0.4 is 16.0 Å². The van der Waals surface area contributed by atoms with Gasteiger partial charge in [0.1, 0.15) is 6.04 Å². The van der Waals surface area contributed by atoms with E-state index in [1.165, 1.54) is 18.2 Å². The SMILES string of the molecule is Cc1ccccc1NC(=O)C(NC(=S)Nc1ccccc1C(F)(F)F)c1ccccc1. The fraction of sp³-hybridized carbons (Fsp3) is 0.130. The van der Waals surface area contributed by atoms with E-state index in [4.69, 9.17) is 12.2 Å². The Hall–Kier alpha value is -3.39. The Balaban J connectivity index is 1.82. The third-order valence-electron chi connectivity index (χ3n) is 4.55. The molecule has 3 aromatic rings. The summed E-state index contributed by atoms with van der Waals surface area (Å²) in [7, 11) is 0. The molecule has 0 fully saturated rings. The smallest absolute Gasteiger partial charge is 0.347 e. The third kappa shape index (κ3) is 5.82. The van der Waals surface area contributed by atoms with E-state index >= 15 is 0 Å². The first-order valence-electron chi connectivity index (χ1n) is 9.41. The highest BCUT2D eigenvalue weighted by atomic mass is 32.1. The molecule has 1 atom stereocenters. The number of halogens is 3. The molecule has 4 nitrogen and oxygen atoms in total. The number of alkyl halides is 3. The van der Waals surface area contributed by atoms with Crippen molar-refractivity contribution in [3.05, 3.63) is 95.6 Å². The summed E-state index contributed by atoms with van der Waals surface area (Å²) in [4.78, 5) is 13.0. The molecule has 3 aromatic carbocycles. The summed E-state index contributed by atoms with van der Waals surface area (Å²) >= 11 is 5.23. The van der Waals surface area contributed by atoms with Gasteiger partial charge in [-0.25, -0.2) is 0 Å². The van der Waals surface area contributed by atoms with Crippen LogP contribution in [0.1, 0.15) is 22.7 Å². The molecule has 8 heteroatoms. The molecule has 0 aliphatic carbocycles. The van der Waals surface area contributed by atoms with Crippen molar-refractivity contribution in [1.82, 2.24) is 5.32 Å². The minimum atomic E-state index is -4.54. The number of amides is 1. The number of para-hydroxylation sites is 2. The largest absolute Gasteiger partial charge is 0.418 e. The Bertz CT molecular complexity index is 1070. The molecule has 160 valence electrons. The zero-order valence-corrected chi connectivity index (χ0v) is 17.3. The van der Waals surface area contributed by atoms with E-state index in [2.05, 4.69) is 16.0 Å². The topological polar surface area (TPSA) is 53.2 Å². The zero-order chi connectivity index (χ0) is 22.4. The maximum absolute atomic E-state index is 13.3. The molecule has 3 N–H and O–H groups in total. The van der Waals surface area contributed by atoms with Crippen molar-refractivity contribution < 1.29 is 18.0 Å². The number of hydrogen-bond donors (Lipinski definition) is 3. The summed E-state index contributed by atoms with van der Waals surface area (Å²) in [5.41, 5.74) is 1.08. The highest BCUT2D eigenvalue weighted by Crippen LogP contribution is 2.34. The maximum Gasteiger partial charge on any atom is 0.418 e. The van der Waals surface area contributed by atoms with Crippen LogP contribution in [-0.4, -0.2) is 11.0 Å². The van der Waals surface area contributed by atoms with Crippen molar-refractivity contribution in [2.24, 2.45) is 0 Å². The van der Waals surface area contributed by atoms with Gasteiger partial charge in [0.15, 0.2) is 5.11 Å². The number of aryl methyl sites for hydroxylation is 1. The van der Waals surface area contributed by atoms with Gasteiger partial charge in [-0.05, 0) is 48.5 Å². The van der Waals surface area contributed by atoms with Gasteiger partial charge in [-0.1, -0.05) is 60.7 Å². The molecule has 0 radical (unpaired) electrons. The Morgan fingerprint density at radius 1 is 0.839 bits per heavy atom. The van der Waals surface area contributed by atoms with Crippen molar-refractivity contribution >= 4 is 34.6 Å². The van der Waals surface area contributed by atoms with Gasteiger partial charge in [-0.15, -0.1) is 0 Å². The van der Waals surface area contributed by atoms with Crippen molar-refractivity contribution in [2.75, 3.05) is 10.6 Å². The minimum absolute atomic E-state index is 0.106. The van der Waals surface area contributed by atoms with Gasteiger partial charge in [0.25, 0.3) is 5.91 Å². The first-order valence-corrected chi connectivity index (χ1v) is 9.81. The third-order valence-corrected chi connectivity index (χ3v) is 4.77. The Morgan fingerprint density at radius 2 is 1.42 bits per heavy atom. The number of carbonyl (C=O) groups excluding carboxylic acids is 1. The van der Waals surface area contributed by atoms with E-state index in [0.717, 1.165) is 11.6 Å². The first-order chi connectivity index (χ1) is 14.8. The van der Waals surface area contributed by atoms with Crippen LogP contribution in [0.5, 0.6) is 0 Å². The fourth-order valence-electron chi connectivity index (χ4n) is 2.99. The number of anilines is 2. The lowest BCUT2D eigenvalue weighted by Crippen LogP contribution is -2.39. The lowest BCUT2D eigenvalue weighted by atomic mass is 10.1. The molecule has 1 amide bonds. The van der Waals surface area contributed by atoms with Gasteiger partial charge in [-0.3, -0.25) is 4.79 Å². The number of hydrogen-bond acceptors (Lipinski definition) is 2. The molecule has 0 aliphatic rings. The van der Waals surface area contributed by atoms with Crippen molar-refractivity contribution in [1.29, 1.82) is 0 Å². The lowest BCUT2D eigenvalue weighted by Gasteiger charge is -2.22. The minimum Gasteiger partial charge on any atom is -0.347 e. The predicted molar refractivity (Wildman–Crippen MR) is 120 cm³/mol. The second-order valence-corrected chi connectivity index (χ2v) is 7.20. The summed E-state index contributed by atoms with van der Waals surface area (Å²) in [5, 5.41) is 8.15. The number of rotatable bonds is 5. The molecular formula is C23H20F3N3OS. The van der Waals surface area contributed by atoms with Gasteiger partial charge < -0.3 is 16.0 Å². The fourth-order valence-corrected chi connectivity index (χ4v) is 3.22. The van der Waals surface area contributed by atoms with E-state index < -0.39 is 23.7 Å². The molecule has 0 aromatic heterocycles. The van der Waals surface area contributed by atoms with Crippen LogP contribution in [0.25, 0.3) is 0 Å². The van der Waals surface area contributed by atoms with E-state index in [9.17, 15) is 18.0 Å². The Kier molecular flexibility index (Phi) is 6.91. The Labute approximate surface area is 183 Å². The average molecular weight is 443 g/mol. The monoisotopic (exact) mass is 443 g/mol. The van der Waals surface area contributed by atoms with E-state index in [-0.39, 0.29) is 10.8 Å². The van der Waals surface area contributed by atoms with Crippen LogP contribution in [0.4, 0.5) is 24.5 Å². The molecule has 0 aliphatic heterocycles. The van der Waals surface area contributed by atoms with Gasteiger partial charge in [0.2, 0.25) is 0 Å².